The first kappa shape index (κ1) is 17.5. The topological polar surface area (TPSA) is 89.3 Å². The smallest absolute Gasteiger partial charge is 0.224 e. The molecular formula is C15H17ClN2O4S. The molecule has 1 amide bonds. The summed E-state index contributed by atoms with van der Waals surface area (Å²) < 4.78 is 28.2. The number of aryl methyl sites for hydroxylation is 2. The van der Waals surface area contributed by atoms with Gasteiger partial charge in [0.2, 0.25) is 5.91 Å². The van der Waals surface area contributed by atoms with E-state index in [1.165, 1.54) is 18.2 Å². The fourth-order valence-electron chi connectivity index (χ4n) is 2.14. The van der Waals surface area contributed by atoms with Crippen molar-refractivity contribution in [1.29, 1.82) is 0 Å². The number of nitrogens with zero attached hydrogens (tertiary/aromatic N) is 1. The van der Waals surface area contributed by atoms with E-state index in [2.05, 4.69) is 10.5 Å². The van der Waals surface area contributed by atoms with E-state index in [4.69, 9.17) is 16.1 Å². The van der Waals surface area contributed by atoms with Crippen LogP contribution >= 0.6 is 11.6 Å². The lowest BCUT2D eigenvalue weighted by Gasteiger charge is -2.09. The molecule has 0 fully saturated rings. The van der Waals surface area contributed by atoms with Crippen molar-refractivity contribution >= 4 is 33.0 Å². The van der Waals surface area contributed by atoms with E-state index in [9.17, 15) is 13.2 Å². The van der Waals surface area contributed by atoms with E-state index in [-0.39, 0.29) is 27.9 Å². The van der Waals surface area contributed by atoms with Crippen LogP contribution in [0.25, 0.3) is 0 Å². The Kier molecular flexibility index (Phi) is 5.11. The zero-order valence-corrected chi connectivity index (χ0v) is 14.6. The third-order valence-corrected chi connectivity index (χ3v) is 4.86. The molecule has 1 aromatic heterocycles. The van der Waals surface area contributed by atoms with Crippen molar-refractivity contribution in [2.45, 2.75) is 31.6 Å². The van der Waals surface area contributed by atoms with Gasteiger partial charge in [-0.25, -0.2) is 8.42 Å². The second-order valence-electron chi connectivity index (χ2n) is 5.26. The van der Waals surface area contributed by atoms with E-state index >= 15 is 0 Å². The second kappa shape index (κ2) is 6.72. The number of hydrogen-bond donors (Lipinski definition) is 1. The molecule has 124 valence electrons. The van der Waals surface area contributed by atoms with Gasteiger partial charge in [0.25, 0.3) is 0 Å². The summed E-state index contributed by atoms with van der Waals surface area (Å²) in [5.74, 6) is 0.421. The third kappa shape index (κ3) is 4.33. The molecule has 1 heterocycles. The summed E-state index contributed by atoms with van der Waals surface area (Å²) in [6, 6.07) is 4.20. The van der Waals surface area contributed by atoms with Crippen molar-refractivity contribution in [3.8, 4) is 0 Å². The molecule has 0 saturated carbocycles. The van der Waals surface area contributed by atoms with Crippen LogP contribution in [-0.2, 0) is 21.1 Å². The number of aromatic nitrogens is 1. The summed E-state index contributed by atoms with van der Waals surface area (Å²) in [5.41, 5.74) is 1.93. The van der Waals surface area contributed by atoms with Crippen LogP contribution in [0.1, 0.15) is 23.4 Å². The first-order valence-corrected chi connectivity index (χ1v) is 9.16. The number of amides is 1. The van der Waals surface area contributed by atoms with Gasteiger partial charge < -0.3 is 9.84 Å². The zero-order valence-electron chi connectivity index (χ0n) is 13.0. The maximum absolute atomic E-state index is 12.1. The average molecular weight is 357 g/mol. The minimum atomic E-state index is -3.37. The number of sulfone groups is 1. The van der Waals surface area contributed by atoms with E-state index in [0.717, 1.165) is 17.5 Å². The SMILES string of the molecule is Cc1noc(C)c1CCC(=O)Nc1cc(S(C)(=O)=O)ccc1Cl. The molecule has 0 aliphatic carbocycles. The van der Waals surface area contributed by atoms with Crippen LogP contribution in [0.15, 0.2) is 27.6 Å². The molecule has 0 aliphatic heterocycles. The van der Waals surface area contributed by atoms with Gasteiger partial charge in [-0.05, 0) is 38.5 Å². The summed E-state index contributed by atoms with van der Waals surface area (Å²) in [6.07, 6.45) is 1.79. The quantitative estimate of drug-likeness (QED) is 0.889. The molecule has 2 rings (SSSR count). The van der Waals surface area contributed by atoms with Gasteiger partial charge in [0.1, 0.15) is 5.76 Å². The number of carbonyl (C=O) groups is 1. The highest BCUT2D eigenvalue weighted by atomic mass is 35.5. The molecule has 0 aliphatic rings. The van der Waals surface area contributed by atoms with Crippen molar-refractivity contribution in [2.24, 2.45) is 0 Å². The minimum Gasteiger partial charge on any atom is -0.361 e. The Hall–Kier alpha value is -1.86. The summed E-state index contributed by atoms with van der Waals surface area (Å²) >= 11 is 6.01. The molecule has 0 bridgehead atoms. The molecule has 0 spiro atoms. The molecule has 1 aromatic carbocycles. The molecule has 2 aromatic rings. The Balaban J connectivity index is 2.09. The van der Waals surface area contributed by atoms with Gasteiger partial charge in [0.15, 0.2) is 9.84 Å². The van der Waals surface area contributed by atoms with Crippen LogP contribution in [0.5, 0.6) is 0 Å². The Bertz CT molecular complexity index is 824. The molecule has 0 radical (unpaired) electrons. The van der Waals surface area contributed by atoms with Crippen LogP contribution < -0.4 is 5.32 Å². The number of carbonyl (C=O) groups excluding carboxylic acids is 1. The van der Waals surface area contributed by atoms with Crippen LogP contribution in [0.2, 0.25) is 5.02 Å². The van der Waals surface area contributed by atoms with Crippen LogP contribution in [0.4, 0.5) is 5.69 Å². The van der Waals surface area contributed by atoms with Gasteiger partial charge in [-0.15, -0.1) is 0 Å². The minimum absolute atomic E-state index is 0.0999. The van der Waals surface area contributed by atoms with Crippen molar-refractivity contribution in [1.82, 2.24) is 5.16 Å². The van der Waals surface area contributed by atoms with Crippen molar-refractivity contribution < 1.29 is 17.7 Å². The molecule has 0 unspecified atom stereocenters. The molecule has 8 heteroatoms. The standard InChI is InChI=1S/C15H17ClN2O4S/c1-9-12(10(2)22-18-9)5-7-15(19)17-14-8-11(23(3,20)21)4-6-13(14)16/h4,6,8H,5,7H2,1-3H3,(H,17,19). The first-order chi connectivity index (χ1) is 10.7. The molecule has 6 nitrogen and oxygen atoms in total. The Labute approximate surface area is 139 Å². The highest BCUT2D eigenvalue weighted by Gasteiger charge is 2.14. The van der Waals surface area contributed by atoms with E-state index < -0.39 is 9.84 Å². The summed E-state index contributed by atoms with van der Waals surface area (Å²) in [5, 5.41) is 6.75. The Morgan fingerprint density at radius 2 is 2.04 bits per heavy atom. The predicted molar refractivity (Wildman–Crippen MR) is 87.5 cm³/mol. The Morgan fingerprint density at radius 1 is 1.35 bits per heavy atom. The number of hydrogen-bond acceptors (Lipinski definition) is 5. The van der Waals surface area contributed by atoms with Crippen molar-refractivity contribution in [3.05, 3.63) is 40.2 Å². The second-order valence-corrected chi connectivity index (χ2v) is 7.69. The number of rotatable bonds is 5. The van der Waals surface area contributed by atoms with Gasteiger partial charge >= 0.3 is 0 Å². The number of benzene rings is 1. The summed E-state index contributed by atoms with van der Waals surface area (Å²) in [4.78, 5) is 12.2. The average Bonchev–Trinajstić information content (AvgIpc) is 2.77. The summed E-state index contributed by atoms with van der Waals surface area (Å²) in [6.45, 7) is 3.61. The predicted octanol–water partition coefficient (Wildman–Crippen LogP) is 2.92. The maximum Gasteiger partial charge on any atom is 0.224 e. The lowest BCUT2D eigenvalue weighted by atomic mass is 10.1. The van der Waals surface area contributed by atoms with Gasteiger partial charge in [0.05, 0.1) is 21.3 Å². The monoisotopic (exact) mass is 356 g/mol. The lowest BCUT2D eigenvalue weighted by molar-refractivity contribution is -0.116. The zero-order chi connectivity index (χ0) is 17.2. The largest absolute Gasteiger partial charge is 0.361 e. The van der Waals surface area contributed by atoms with E-state index in [1.54, 1.807) is 6.92 Å². The van der Waals surface area contributed by atoms with E-state index in [1.807, 2.05) is 6.92 Å². The number of halogens is 1. The normalized spacial score (nSPS) is 11.5. The van der Waals surface area contributed by atoms with Crippen molar-refractivity contribution in [2.75, 3.05) is 11.6 Å². The summed E-state index contributed by atoms with van der Waals surface area (Å²) in [7, 11) is -3.37. The maximum atomic E-state index is 12.1. The third-order valence-electron chi connectivity index (χ3n) is 3.42. The molecule has 1 N–H and O–H groups in total. The molecule has 23 heavy (non-hydrogen) atoms. The van der Waals surface area contributed by atoms with Crippen LogP contribution in [0.3, 0.4) is 0 Å². The fraction of sp³-hybridized carbons (Fsp3) is 0.333. The molecule has 0 saturated heterocycles. The molecule has 0 atom stereocenters. The van der Waals surface area contributed by atoms with Gasteiger partial charge in [-0.3, -0.25) is 4.79 Å². The van der Waals surface area contributed by atoms with Crippen molar-refractivity contribution in [3.63, 3.8) is 0 Å². The van der Waals surface area contributed by atoms with E-state index in [0.29, 0.717) is 12.2 Å². The fourth-order valence-corrected chi connectivity index (χ4v) is 2.95. The van der Waals surface area contributed by atoms with Gasteiger partial charge in [-0.2, -0.15) is 0 Å². The highest BCUT2D eigenvalue weighted by molar-refractivity contribution is 7.90. The number of nitrogens with one attached hydrogen (secondary N) is 1. The van der Waals surface area contributed by atoms with Crippen LogP contribution in [-0.4, -0.2) is 25.7 Å². The van der Waals surface area contributed by atoms with Crippen LogP contribution in [0, 0.1) is 13.8 Å². The van der Waals surface area contributed by atoms with Gasteiger partial charge in [0, 0.05) is 18.2 Å². The molecular weight excluding hydrogens is 340 g/mol. The Morgan fingerprint density at radius 3 is 2.61 bits per heavy atom. The van der Waals surface area contributed by atoms with Gasteiger partial charge in [-0.1, -0.05) is 16.8 Å². The number of anilines is 1. The highest BCUT2D eigenvalue weighted by Crippen LogP contribution is 2.25. The first-order valence-electron chi connectivity index (χ1n) is 6.89. The lowest BCUT2D eigenvalue weighted by Crippen LogP contribution is -2.13.